The van der Waals surface area contributed by atoms with Crippen LogP contribution >= 0.6 is 0 Å². The molecule has 0 spiro atoms. The molecule has 0 aliphatic carbocycles. The predicted octanol–water partition coefficient (Wildman–Crippen LogP) is 2.88. The molecule has 1 aromatic carbocycles. The molecule has 2 N–H and O–H groups in total. The maximum absolute atomic E-state index is 4.59. The van der Waals surface area contributed by atoms with E-state index >= 15 is 0 Å². The highest BCUT2D eigenvalue weighted by atomic mass is 14.9. The number of pyridine rings is 1. The molecule has 18 heavy (non-hydrogen) atoms. The number of aryl methyl sites for hydroxylation is 1. The van der Waals surface area contributed by atoms with Gasteiger partial charge in [-0.25, -0.2) is 4.98 Å². The van der Waals surface area contributed by atoms with E-state index in [1.807, 2.05) is 31.3 Å². The summed E-state index contributed by atoms with van der Waals surface area (Å²) < 4.78 is 0. The van der Waals surface area contributed by atoms with Crippen LogP contribution in [0.1, 0.15) is 11.4 Å². The third-order valence-corrected chi connectivity index (χ3v) is 2.88. The Balaban J connectivity index is 1.93. The molecule has 0 unspecified atom stereocenters. The largest absolute Gasteiger partial charge is 0.378 e. The van der Waals surface area contributed by atoms with E-state index in [9.17, 15) is 0 Å². The quantitative estimate of drug-likeness (QED) is 0.737. The van der Waals surface area contributed by atoms with Crippen LogP contribution in [0.4, 0.5) is 5.69 Å². The Morgan fingerprint density at radius 3 is 3.00 bits per heavy atom. The molecular formula is C14H14N4. The van der Waals surface area contributed by atoms with E-state index in [1.54, 1.807) is 6.33 Å². The van der Waals surface area contributed by atoms with E-state index in [4.69, 9.17) is 0 Å². The van der Waals surface area contributed by atoms with Crippen LogP contribution in [0.15, 0.2) is 42.9 Å². The van der Waals surface area contributed by atoms with Gasteiger partial charge in [0.05, 0.1) is 29.8 Å². The Kier molecular flexibility index (Phi) is 2.68. The molecule has 2 aromatic heterocycles. The maximum atomic E-state index is 4.59. The number of fused-ring (bicyclic) bond motifs is 1. The number of benzene rings is 1. The van der Waals surface area contributed by atoms with Crippen molar-refractivity contribution < 1.29 is 0 Å². The fourth-order valence-corrected chi connectivity index (χ4v) is 1.96. The Bertz CT molecular complexity index is 659. The second kappa shape index (κ2) is 4.49. The number of aromatic amines is 1. The summed E-state index contributed by atoms with van der Waals surface area (Å²) in [6, 6.07) is 10.3. The summed E-state index contributed by atoms with van der Waals surface area (Å²) in [5.74, 6) is 0. The minimum atomic E-state index is 0.717. The van der Waals surface area contributed by atoms with Gasteiger partial charge in [0.2, 0.25) is 0 Å². The van der Waals surface area contributed by atoms with Crippen molar-refractivity contribution in [3.63, 3.8) is 0 Å². The second-order valence-corrected chi connectivity index (χ2v) is 4.26. The number of para-hydroxylation sites is 1. The number of aromatic nitrogens is 3. The minimum absolute atomic E-state index is 0.717. The first-order valence-corrected chi connectivity index (χ1v) is 5.90. The zero-order valence-corrected chi connectivity index (χ0v) is 10.1. The molecule has 0 atom stereocenters. The van der Waals surface area contributed by atoms with Gasteiger partial charge in [0.1, 0.15) is 0 Å². The van der Waals surface area contributed by atoms with E-state index in [0.29, 0.717) is 6.54 Å². The first-order chi connectivity index (χ1) is 8.83. The Morgan fingerprint density at radius 2 is 2.17 bits per heavy atom. The molecule has 0 bridgehead atoms. The lowest BCUT2D eigenvalue weighted by Gasteiger charge is -2.08. The third kappa shape index (κ3) is 2.05. The SMILES string of the molecule is Cc1ccc2cccc(NCc3cnc[nH]3)c2n1. The molecule has 0 aliphatic heterocycles. The van der Waals surface area contributed by atoms with Crippen LogP contribution in [0.2, 0.25) is 0 Å². The summed E-state index contributed by atoms with van der Waals surface area (Å²) >= 11 is 0. The average molecular weight is 238 g/mol. The number of rotatable bonds is 3. The van der Waals surface area contributed by atoms with Crippen molar-refractivity contribution in [1.29, 1.82) is 0 Å². The lowest BCUT2D eigenvalue weighted by molar-refractivity contribution is 1.07. The van der Waals surface area contributed by atoms with Crippen LogP contribution in [0, 0.1) is 6.92 Å². The summed E-state index contributed by atoms with van der Waals surface area (Å²) in [7, 11) is 0. The Labute approximate surface area is 105 Å². The Hall–Kier alpha value is -2.36. The molecule has 0 radical (unpaired) electrons. The van der Waals surface area contributed by atoms with E-state index in [0.717, 1.165) is 28.0 Å². The normalized spacial score (nSPS) is 10.7. The highest BCUT2D eigenvalue weighted by Crippen LogP contribution is 2.22. The second-order valence-electron chi connectivity index (χ2n) is 4.26. The van der Waals surface area contributed by atoms with Gasteiger partial charge >= 0.3 is 0 Å². The molecule has 3 rings (SSSR count). The summed E-state index contributed by atoms with van der Waals surface area (Å²) in [5.41, 5.74) is 4.14. The van der Waals surface area contributed by atoms with Gasteiger partial charge in [-0.3, -0.25) is 4.98 Å². The highest BCUT2D eigenvalue weighted by molar-refractivity contribution is 5.90. The monoisotopic (exact) mass is 238 g/mol. The standard InChI is InChI=1S/C14H14N4/c1-10-5-6-11-3-2-4-13(14(11)18-10)16-8-12-7-15-9-17-12/h2-7,9,16H,8H2,1H3,(H,15,17). The lowest BCUT2D eigenvalue weighted by atomic mass is 10.1. The maximum Gasteiger partial charge on any atom is 0.0936 e. The third-order valence-electron chi connectivity index (χ3n) is 2.88. The van der Waals surface area contributed by atoms with Crippen LogP contribution in [0.5, 0.6) is 0 Å². The van der Waals surface area contributed by atoms with Crippen molar-refractivity contribution in [1.82, 2.24) is 15.0 Å². The number of nitrogens with one attached hydrogen (secondary N) is 2. The molecule has 0 amide bonds. The van der Waals surface area contributed by atoms with Crippen molar-refractivity contribution in [2.75, 3.05) is 5.32 Å². The number of anilines is 1. The molecule has 90 valence electrons. The number of nitrogens with zero attached hydrogens (tertiary/aromatic N) is 2. The summed E-state index contributed by atoms with van der Waals surface area (Å²) in [5, 5.41) is 4.53. The Morgan fingerprint density at radius 1 is 1.22 bits per heavy atom. The van der Waals surface area contributed by atoms with Gasteiger partial charge in [0.25, 0.3) is 0 Å². The molecule has 2 heterocycles. The fraction of sp³-hybridized carbons (Fsp3) is 0.143. The van der Waals surface area contributed by atoms with Crippen LogP contribution in [-0.4, -0.2) is 15.0 Å². The summed E-state index contributed by atoms with van der Waals surface area (Å²) in [6.07, 6.45) is 3.50. The van der Waals surface area contributed by atoms with Gasteiger partial charge in [-0.1, -0.05) is 18.2 Å². The molecule has 0 fully saturated rings. The van der Waals surface area contributed by atoms with Crippen molar-refractivity contribution in [2.45, 2.75) is 13.5 Å². The van der Waals surface area contributed by atoms with Gasteiger partial charge in [-0.15, -0.1) is 0 Å². The van der Waals surface area contributed by atoms with Gasteiger partial charge < -0.3 is 10.3 Å². The average Bonchev–Trinajstić information content (AvgIpc) is 2.89. The highest BCUT2D eigenvalue weighted by Gasteiger charge is 2.02. The van der Waals surface area contributed by atoms with Gasteiger partial charge in [-0.05, 0) is 19.1 Å². The molecule has 4 heteroatoms. The van der Waals surface area contributed by atoms with E-state index in [1.165, 1.54) is 0 Å². The van der Waals surface area contributed by atoms with Crippen LogP contribution in [0.25, 0.3) is 10.9 Å². The molecule has 4 nitrogen and oxygen atoms in total. The molecular weight excluding hydrogens is 224 g/mol. The van der Waals surface area contributed by atoms with Crippen molar-refractivity contribution in [2.24, 2.45) is 0 Å². The summed E-state index contributed by atoms with van der Waals surface area (Å²) in [6.45, 7) is 2.72. The number of imidazole rings is 1. The van der Waals surface area contributed by atoms with Crippen molar-refractivity contribution in [3.8, 4) is 0 Å². The molecule has 3 aromatic rings. The van der Waals surface area contributed by atoms with Crippen molar-refractivity contribution >= 4 is 16.6 Å². The number of hydrogen-bond donors (Lipinski definition) is 2. The minimum Gasteiger partial charge on any atom is -0.378 e. The van der Waals surface area contributed by atoms with E-state index in [-0.39, 0.29) is 0 Å². The molecule has 0 saturated heterocycles. The lowest BCUT2D eigenvalue weighted by Crippen LogP contribution is -2.01. The first-order valence-electron chi connectivity index (χ1n) is 5.90. The summed E-state index contributed by atoms with van der Waals surface area (Å²) in [4.78, 5) is 11.7. The number of H-pyrrole nitrogens is 1. The van der Waals surface area contributed by atoms with Crippen LogP contribution < -0.4 is 5.32 Å². The van der Waals surface area contributed by atoms with Crippen LogP contribution in [0.3, 0.4) is 0 Å². The molecule has 0 saturated carbocycles. The van der Waals surface area contributed by atoms with E-state index < -0.39 is 0 Å². The molecule has 0 aliphatic rings. The smallest absolute Gasteiger partial charge is 0.0936 e. The topological polar surface area (TPSA) is 53.6 Å². The predicted molar refractivity (Wildman–Crippen MR) is 72.4 cm³/mol. The zero-order chi connectivity index (χ0) is 12.4. The van der Waals surface area contributed by atoms with Crippen molar-refractivity contribution in [3.05, 3.63) is 54.2 Å². The van der Waals surface area contributed by atoms with Crippen LogP contribution in [-0.2, 0) is 6.54 Å². The van der Waals surface area contributed by atoms with E-state index in [2.05, 4.69) is 32.4 Å². The van der Waals surface area contributed by atoms with Gasteiger partial charge in [0, 0.05) is 17.3 Å². The number of hydrogen-bond acceptors (Lipinski definition) is 3. The first kappa shape index (κ1) is 10.8. The zero-order valence-electron chi connectivity index (χ0n) is 10.1. The fourth-order valence-electron chi connectivity index (χ4n) is 1.96. The van der Waals surface area contributed by atoms with Gasteiger partial charge in [-0.2, -0.15) is 0 Å². The van der Waals surface area contributed by atoms with Gasteiger partial charge in [0.15, 0.2) is 0 Å².